The van der Waals surface area contributed by atoms with E-state index in [9.17, 15) is 30.8 Å². The molecule has 0 aliphatic heterocycles. The van der Waals surface area contributed by atoms with Crippen LogP contribution in [-0.4, -0.2) is 52.9 Å². The number of methoxy groups -OCH3 is 2. The van der Waals surface area contributed by atoms with Crippen LogP contribution in [0.3, 0.4) is 0 Å². The van der Waals surface area contributed by atoms with Crippen molar-refractivity contribution >= 4 is 21.4 Å². The van der Waals surface area contributed by atoms with Gasteiger partial charge in [-0.1, -0.05) is 0 Å². The second-order valence-corrected chi connectivity index (χ2v) is 9.77. The number of pyridine rings is 1. The molecule has 1 amide bonds. The van der Waals surface area contributed by atoms with Gasteiger partial charge >= 0.3 is 6.18 Å². The molecule has 2 aromatic carbocycles. The highest BCUT2D eigenvalue weighted by Crippen LogP contribution is 2.37. The monoisotopic (exact) mass is 526 g/mol. The molecular weight excluding hydrogens is 504 g/mol. The second kappa shape index (κ2) is 10.6. The first-order valence-corrected chi connectivity index (χ1v) is 12.0. The molecule has 0 aliphatic carbocycles. The Hall–Kier alpha value is -3.51. The number of benzene rings is 2. The fraction of sp³-hybridized carbons (Fsp3) is 0.250. The van der Waals surface area contributed by atoms with E-state index in [0.717, 1.165) is 17.0 Å². The van der Waals surface area contributed by atoms with E-state index in [4.69, 9.17) is 9.47 Å². The normalized spacial score (nSPS) is 11.9. The van der Waals surface area contributed by atoms with Crippen LogP contribution >= 0.6 is 0 Å². The highest BCUT2D eigenvalue weighted by molar-refractivity contribution is 7.91. The van der Waals surface area contributed by atoms with E-state index in [-0.39, 0.29) is 18.0 Å². The zero-order valence-electron chi connectivity index (χ0n) is 19.5. The van der Waals surface area contributed by atoms with Crippen LogP contribution in [0.4, 0.5) is 23.2 Å². The maximum absolute atomic E-state index is 13.7. The summed E-state index contributed by atoms with van der Waals surface area (Å²) in [6, 6.07) is 7.26. The number of hydrogen-bond donors (Lipinski definition) is 0. The minimum absolute atomic E-state index is 0.161. The third kappa shape index (κ3) is 5.82. The van der Waals surface area contributed by atoms with Crippen molar-refractivity contribution in [3.05, 3.63) is 71.8 Å². The first-order chi connectivity index (χ1) is 16.9. The smallest absolute Gasteiger partial charge is 0.416 e. The van der Waals surface area contributed by atoms with E-state index < -0.39 is 49.5 Å². The number of amides is 1. The molecule has 0 radical (unpaired) electrons. The zero-order valence-corrected chi connectivity index (χ0v) is 20.3. The summed E-state index contributed by atoms with van der Waals surface area (Å²) in [5.41, 5.74) is -0.817. The number of hydrogen-bond acceptors (Lipinski definition) is 6. The van der Waals surface area contributed by atoms with Gasteiger partial charge in [-0.25, -0.2) is 12.8 Å². The number of carbonyl (C=O) groups is 1. The minimum atomic E-state index is -4.90. The number of anilines is 1. The molecule has 0 unspecified atom stereocenters. The molecule has 0 atom stereocenters. The van der Waals surface area contributed by atoms with Gasteiger partial charge in [0.2, 0.25) is 0 Å². The van der Waals surface area contributed by atoms with E-state index in [1.807, 2.05) is 0 Å². The van der Waals surface area contributed by atoms with Crippen LogP contribution < -0.4 is 9.64 Å². The average Bonchev–Trinajstić information content (AvgIpc) is 2.85. The standard InChI is InChI=1S/C24H22F4N2O5S/c1-30(21-14-29-7-6-19(21)20-5-4-17(25)13-22(20)35-3)23(31)15-10-16(24(26,27)28)12-18(11-15)36(32,33)9-8-34-2/h4-7,10-14H,8-9H2,1-3H3. The number of alkyl halides is 3. The van der Waals surface area contributed by atoms with Gasteiger partial charge in [-0.15, -0.1) is 0 Å². The first-order valence-electron chi connectivity index (χ1n) is 10.4. The Morgan fingerprint density at radius 2 is 1.78 bits per heavy atom. The lowest BCUT2D eigenvalue weighted by molar-refractivity contribution is -0.137. The van der Waals surface area contributed by atoms with Crippen molar-refractivity contribution in [2.24, 2.45) is 0 Å². The number of nitrogens with zero attached hydrogens (tertiary/aromatic N) is 2. The summed E-state index contributed by atoms with van der Waals surface area (Å²) in [6.07, 6.45) is -2.17. The molecule has 7 nitrogen and oxygen atoms in total. The molecule has 0 saturated carbocycles. The Labute approximate surface area is 205 Å². The van der Waals surface area contributed by atoms with Crippen molar-refractivity contribution in [1.82, 2.24) is 4.98 Å². The third-order valence-corrected chi connectivity index (χ3v) is 6.97. The van der Waals surface area contributed by atoms with E-state index in [1.165, 1.54) is 51.9 Å². The minimum Gasteiger partial charge on any atom is -0.496 e. The Kier molecular flexibility index (Phi) is 7.99. The van der Waals surface area contributed by atoms with E-state index in [1.54, 1.807) is 0 Å². The van der Waals surface area contributed by atoms with Crippen LogP contribution in [0.2, 0.25) is 0 Å². The molecule has 36 heavy (non-hydrogen) atoms. The van der Waals surface area contributed by atoms with Crippen molar-refractivity contribution < 1.29 is 40.2 Å². The molecule has 12 heteroatoms. The highest BCUT2D eigenvalue weighted by Gasteiger charge is 2.34. The van der Waals surface area contributed by atoms with Crippen LogP contribution in [0.5, 0.6) is 5.75 Å². The quantitative estimate of drug-likeness (QED) is 0.399. The summed E-state index contributed by atoms with van der Waals surface area (Å²) in [4.78, 5) is 17.7. The van der Waals surface area contributed by atoms with Crippen LogP contribution in [0.25, 0.3) is 11.1 Å². The van der Waals surface area contributed by atoms with Gasteiger partial charge in [0.05, 0.1) is 41.8 Å². The predicted molar refractivity (Wildman–Crippen MR) is 124 cm³/mol. The zero-order chi connectivity index (χ0) is 26.7. The average molecular weight is 527 g/mol. The van der Waals surface area contributed by atoms with Gasteiger partial charge in [0.15, 0.2) is 9.84 Å². The molecule has 0 bridgehead atoms. The lowest BCUT2D eigenvalue weighted by Crippen LogP contribution is -2.28. The summed E-state index contributed by atoms with van der Waals surface area (Å²) in [7, 11) is -0.280. The Morgan fingerprint density at radius 3 is 2.42 bits per heavy atom. The van der Waals surface area contributed by atoms with E-state index >= 15 is 0 Å². The number of aromatic nitrogens is 1. The van der Waals surface area contributed by atoms with Gasteiger partial charge in [0.1, 0.15) is 11.6 Å². The van der Waals surface area contributed by atoms with Gasteiger partial charge in [-0.3, -0.25) is 9.78 Å². The summed E-state index contributed by atoms with van der Waals surface area (Å²) < 4.78 is 89.6. The number of halogens is 4. The summed E-state index contributed by atoms with van der Waals surface area (Å²) in [6.45, 7) is -0.236. The van der Waals surface area contributed by atoms with Crippen LogP contribution in [0.15, 0.2) is 59.8 Å². The van der Waals surface area contributed by atoms with Gasteiger partial charge in [-0.2, -0.15) is 13.2 Å². The van der Waals surface area contributed by atoms with Gasteiger partial charge in [-0.05, 0) is 36.4 Å². The molecule has 192 valence electrons. The van der Waals surface area contributed by atoms with E-state index in [2.05, 4.69) is 4.98 Å². The van der Waals surface area contributed by atoms with Crippen molar-refractivity contribution in [1.29, 1.82) is 0 Å². The largest absolute Gasteiger partial charge is 0.496 e. The topological polar surface area (TPSA) is 85.8 Å². The van der Waals surface area contributed by atoms with Crippen LogP contribution in [0.1, 0.15) is 15.9 Å². The molecule has 3 rings (SSSR count). The summed E-state index contributed by atoms with van der Waals surface area (Å²) in [5, 5.41) is 0. The SMILES string of the molecule is COCCS(=O)(=O)c1cc(C(=O)N(C)c2cnccc2-c2ccc(F)cc2OC)cc(C(F)(F)F)c1. The number of ether oxygens (including phenoxy) is 2. The molecule has 0 fully saturated rings. The van der Waals surface area contributed by atoms with Crippen molar-refractivity contribution in [3.8, 4) is 16.9 Å². The molecule has 1 aromatic heterocycles. The fourth-order valence-electron chi connectivity index (χ4n) is 3.45. The number of sulfone groups is 1. The Bertz CT molecular complexity index is 1380. The second-order valence-electron chi connectivity index (χ2n) is 7.66. The molecule has 0 aliphatic rings. The maximum Gasteiger partial charge on any atom is 0.416 e. The van der Waals surface area contributed by atoms with Crippen molar-refractivity contribution in [2.45, 2.75) is 11.1 Å². The predicted octanol–water partition coefficient (Wildman–Crippen LogP) is 4.61. The van der Waals surface area contributed by atoms with Crippen LogP contribution in [-0.2, 0) is 20.8 Å². The van der Waals surface area contributed by atoms with Crippen molar-refractivity contribution in [3.63, 3.8) is 0 Å². The first kappa shape index (κ1) is 27.1. The van der Waals surface area contributed by atoms with Gasteiger partial charge in [0, 0.05) is 43.1 Å². The Morgan fingerprint density at radius 1 is 1.06 bits per heavy atom. The van der Waals surface area contributed by atoms with Gasteiger partial charge in [0.25, 0.3) is 5.91 Å². The molecule has 1 heterocycles. The summed E-state index contributed by atoms with van der Waals surface area (Å²) in [5.74, 6) is -1.87. The third-order valence-electron chi connectivity index (χ3n) is 5.32. The lowest BCUT2D eigenvalue weighted by atomic mass is 10.0. The molecular formula is C24H22F4N2O5S. The lowest BCUT2D eigenvalue weighted by Gasteiger charge is -2.22. The maximum atomic E-state index is 13.7. The molecule has 0 saturated heterocycles. The highest BCUT2D eigenvalue weighted by atomic mass is 32.2. The van der Waals surface area contributed by atoms with Gasteiger partial charge < -0.3 is 14.4 Å². The molecule has 3 aromatic rings. The number of carbonyl (C=O) groups excluding carboxylic acids is 1. The molecule has 0 spiro atoms. The van der Waals surface area contributed by atoms with E-state index in [0.29, 0.717) is 23.3 Å². The molecule has 0 N–H and O–H groups in total. The Balaban J connectivity index is 2.12. The van der Waals surface area contributed by atoms with Crippen molar-refractivity contribution in [2.75, 3.05) is 38.5 Å². The van der Waals surface area contributed by atoms with Crippen LogP contribution in [0, 0.1) is 5.82 Å². The fourth-order valence-corrected chi connectivity index (χ4v) is 4.68. The summed E-state index contributed by atoms with van der Waals surface area (Å²) >= 11 is 0. The number of rotatable bonds is 8.